The van der Waals surface area contributed by atoms with Gasteiger partial charge in [-0.1, -0.05) is 36.4 Å². The molecule has 2 unspecified atom stereocenters. The molecule has 1 heterocycles. The zero-order valence-corrected chi connectivity index (χ0v) is 18.9. The van der Waals surface area contributed by atoms with Crippen LogP contribution in [0.1, 0.15) is 32.8 Å². The van der Waals surface area contributed by atoms with Crippen molar-refractivity contribution in [3.63, 3.8) is 0 Å². The molecule has 2 atom stereocenters. The molecule has 0 aromatic heterocycles. The van der Waals surface area contributed by atoms with Crippen LogP contribution in [0.2, 0.25) is 19.1 Å². The fraction of sp³-hybridized carbons (Fsp3) is 0.478. The maximum atomic E-state index is 13.0. The van der Waals surface area contributed by atoms with Crippen molar-refractivity contribution >= 4 is 20.3 Å². The summed E-state index contributed by atoms with van der Waals surface area (Å²) in [6.45, 7) is 10.5. The van der Waals surface area contributed by atoms with Crippen LogP contribution in [-0.4, -0.2) is 33.5 Å². The predicted molar refractivity (Wildman–Crippen MR) is 114 cm³/mol. The lowest BCUT2D eigenvalue weighted by Crippen LogP contribution is -2.51. The molecular formula is C23H30O5Si. The Kier molecular flexibility index (Phi) is 6.15. The molecule has 1 aromatic carbocycles. The van der Waals surface area contributed by atoms with Gasteiger partial charge in [0.25, 0.3) is 0 Å². The van der Waals surface area contributed by atoms with Crippen LogP contribution in [0.3, 0.4) is 0 Å². The van der Waals surface area contributed by atoms with E-state index in [0.29, 0.717) is 17.6 Å². The lowest BCUT2D eigenvalue weighted by molar-refractivity contribution is -0.142. The summed E-state index contributed by atoms with van der Waals surface area (Å²) in [7, 11) is -2.15. The topological polar surface area (TPSA) is 61.8 Å². The summed E-state index contributed by atoms with van der Waals surface area (Å²) in [5.74, 6) is -1.06. The Morgan fingerprint density at radius 1 is 1.10 bits per heavy atom. The fourth-order valence-electron chi connectivity index (χ4n) is 4.58. The van der Waals surface area contributed by atoms with Gasteiger partial charge in [-0.3, -0.25) is 0 Å². The van der Waals surface area contributed by atoms with E-state index in [-0.39, 0.29) is 19.1 Å². The highest BCUT2D eigenvalue weighted by atomic mass is 28.4. The molecule has 29 heavy (non-hydrogen) atoms. The van der Waals surface area contributed by atoms with Crippen LogP contribution in [0.4, 0.5) is 0 Å². The quantitative estimate of drug-likeness (QED) is 0.403. The van der Waals surface area contributed by atoms with E-state index in [2.05, 4.69) is 38.2 Å². The van der Waals surface area contributed by atoms with Crippen LogP contribution in [-0.2, 0) is 29.1 Å². The first-order valence-corrected chi connectivity index (χ1v) is 13.4. The maximum Gasteiger partial charge on any atom is 0.335 e. The molecule has 0 N–H and O–H groups in total. The van der Waals surface area contributed by atoms with Gasteiger partial charge in [0.2, 0.25) is 0 Å². The van der Waals surface area contributed by atoms with Gasteiger partial charge in [0.05, 0.1) is 24.4 Å². The first-order chi connectivity index (χ1) is 13.7. The Bertz CT molecular complexity index is 855. The van der Waals surface area contributed by atoms with Crippen LogP contribution >= 0.6 is 0 Å². The van der Waals surface area contributed by atoms with Crippen LogP contribution in [0.5, 0.6) is 0 Å². The third-order valence-corrected chi connectivity index (χ3v) is 8.00. The van der Waals surface area contributed by atoms with Crippen molar-refractivity contribution in [1.82, 2.24) is 0 Å². The standard InChI is InChI=1S/C23H30O5Si/c1-6-26-21(24)17-13-14-19-18(20(17)22(25)27-7-2)15-29(4,5)28-23(19,3)16-11-9-8-10-12-16/h8-12,14,18H,6-7,13,15H2,1-5H3. The molecule has 1 aromatic rings. The first kappa shape index (κ1) is 21.5. The molecule has 0 radical (unpaired) electrons. The van der Waals surface area contributed by atoms with Crippen LogP contribution in [0.25, 0.3) is 0 Å². The van der Waals surface area contributed by atoms with Gasteiger partial charge < -0.3 is 13.9 Å². The molecular weight excluding hydrogens is 384 g/mol. The maximum absolute atomic E-state index is 13.0. The Morgan fingerprint density at radius 2 is 1.72 bits per heavy atom. The number of benzene rings is 1. The molecule has 6 heteroatoms. The summed E-state index contributed by atoms with van der Waals surface area (Å²) in [6, 6.07) is 10.8. The van der Waals surface area contributed by atoms with E-state index < -0.39 is 25.9 Å². The smallest absolute Gasteiger partial charge is 0.335 e. The highest BCUT2D eigenvalue weighted by molar-refractivity contribution is 6.71. The molecule has 0 spiro atoms. The summed E-state index contributed by atoms with van der Waals surface area (Å²) >= 11 is 0. The van der Waals surface area contributed by atoms with Crippen molar-refractivity contribution in [2.24, 2.45) is 5.92 Å². The van der Waals surface area contributed by atoms with E-state index in [0.717, 1.165) is 17.2 Å². The van der Waals surface area contributed by atoms with Crippen molar-refractivity contribution in [3.8, 4) is 0 Å². The number of hydrogen-bond acceptors (Lipinski definition) is 5. The Labute approximate surface area is 173 Å². The van der Waals surface area contributed by atoms with Gasteiger partial charge in [0, 0.05) is 5.92 Å². The lowest BCUT2D eigenvalue weighted by atomic mass is 9.73. The van der Waals surface area contributed by atoms with Gasteiger partial charge in [-0.15, -0.1) is 0 Å². The monoisotopic (exact) mass is 414 g/mol. The summed E-state index contributed by atoms with van der Waals surface area (Å²) in [4.78, 5) is 25.6. The number of allylic oxidation sites excluding steroid dienone is 1. The Hall–Kier alpha value is -2.18. The first-order valence-electron chi connectivity index (χ1n) is 10.3. The molecule has 1 aliphatic heterocycles. The molecule has 5 nitrogen and oxygen atoms in total. The van der Waals surface area contributed by atoms with Gasteiger partial charge >= 0.3 is 11.9 Å². The number of esters is 2. The van der Waals surface area contributed by atoms with Gasteiger partial charge in [-0.05, 0) is 57.5 Å². The summed E-state index contributed by atoms with van der Waals surface area (Å²) in [5, 5.41) is 0. The van der Waals surface area contributed by atoms with Crippen molar-refractivity contribution in [2.45, 2.75) is 51.9 Å². The molecule has 1 fully saturated rings. The minimum Gasteiger partial charge on any atom is -0.463 e. The van der Waals surface area contributed by atoms with E-state index in [4.69, 9.17) is 13.9 Å². The normalized spacial score (nSPS) is 25.7. The van der Waals surface area contributed by atoms with Gasteiger partial charge in [0.15, 0.2) is 8.32 Å². The zero-order chi connectivity index (χ0) is 21.2. The average Bonchev–Trinajstić information content (AvgIpc) is 2.67. The second kappa shape index (κ2) is 8.28. The van der Waals surface area contributed by atoms with E-state index in [1.165, 1.54) is 0 Å². The number of carbonyl (C=O) groups is 2. The number of ether oxygens (including phenoxy) is 2. The minimum absolute atomic E-state index is 0.206. The highest BCUT2D eigenvalue weighted by Gasteiger charge is 2.52. The highest BCUT2D eigenvalue weighted by Crippen LogP contribution is 2.52. The predicted octanol–water partition coefficient (Wildman–Crippen LogP) is 4.51. The lowest BCUT2D eigenvalue weighted by Gasteiger charge is -2.50. The summed E-state index contributed by atoms with van der Waals surface area (Å²) in [6.07, 6.45) is 2.39. The van der Waals surface area contributed by atoms with Gasteiger partial charge in [-0.25, -0.2) is 9.59 Å². The van der Waals surface area contributed by atoms with Crippen LogP contribution < -0.4 is 0 Å². The average molecular weight is 415 g/mol. The second-order valence-corrected chi connectivity index (χ2v) is 12.3. The minimum atomic E-state index is -2.15. The zero-order valence-electron chi connectivity index (χ0n) is 17.9. The third-order valence-electron chi connectivity index (χ3n) is 5.64. The van der Waals surface area contributed by atoms with Gasteiger partial charge in [-0.2, -0.15) is 0 Å². The largest absolute Gasteiger partial charge is 0.463 e. The molecule has 0 bridgehead atoms. The number of hydrogen-bond donors (Lipinski definition) is 0. The van der Waals surface area contributed by atoms with Crippen LogP contribution in [0.15, 0.2) is 53.1 Å². The molecule has 156 valence electrons. The van der Waals surface area contributed by atoms with Crippen molar-refractivity contribution < 1.29 is 23.5 Å². The molecule has 3 rings (SSSR count). The van der Waals surface area contributed by atoms with E-state index in [9.17, 15) is 9.59 Å². The molecule has 1 saturated heterocycles. The third kappa shape index (κ3) is 4.09. The molecule has 0 saturated carbocycles. The van der Waals surface area contributed by atoms with E-state index >= 15 is 0 Å². The van der Waals surface area contributed by atoms with Crippen molar-refractivity contribution in [1.29, 1.82) is 0 Å². The number of fused-ring (bicyclic) bond motifs is 1. The SMILES string of the molecule is CCOC(=O)C1=C(C(=O)OCC)C2C[Si](C)(C)OC(C)(c3ccccc3)C2=CC1. The second-order valence-electron chi connectivity index (χ2n) is 8.21. The molecule has 0 amide bonds. The van der Waals surface area contributed by atoms with E-state index in [1.807, 2.05) is 18.2 Å². The fourth-order valence-corrected chi connectivity index (χ4v) is 7.41. The number of carbonyl (C=O) groups excluding carboxylic acids is 2. The van der Waals surface area contributed by atoms with Crippen molar-refractivity contribution in [2.75, 3.05) is 13.2 Å². The Morgan fingerprint density at radius 3 is 2.34 bits per heavy atom. The Balaban J connectivity index is 2.14. The molecule has 2 aliphatic rings. The van der Waals surface area contributed by atoms with Gasteiger partial charge in [0.1, 0.15) is 5.60 Å². The summed E-state index contributed by atoms with van der Waals surface area (Å²) < 4.78 is 17.4. The van der Waals surface area contributed by atoms with E-state index in [1.54, 1.807) is 13.8 Å². The number of rotatable bonds is 5. The van der Waals surface area contributed by atoms with Crippen LogP contribution in [0, 0.1) is 5.92 Å². The summed E-state index contributed by atoms with van der Waals surface area (Å²) in [5.41, 5.74) is 2.32. The molecule has 1 aliphatic carbocycles. The van der Waals surface area contributed by atoms with Crippen molar-refractivity contribution in [3.05, 3.63) is 58.7 Å².